The van der Waals surface area contributed by atoms with E-state index in [2.05, 4.69) is 22.8 Å². The number of nitrogens with zero attached hydrogens (tertiary/aromatic N) is 1. The van der Waals surface area contributed by atoms with Gasteiger partial charge in [-0.3, -0.25) is 0 Å². The lowest BCUT2D eigenvalue weighted by molar-refractivity contribution is 0.174. The molecule has 7 nitrogen and oxygen atoms in total. The highest BCUT2D eigenvalue weighted by molar-refractivity contribution is 5.90. The number of benzene rings is 2. The van der Waals surface area contributed by atoms with Crippen LogP contribution in [0.3, 0.4) is 0 Å². The molecule has 0 bridgehead atoms. The fourth-order valence-corrected chi connectivity index (χ4v) is 2.29. The first-order chi connectivity index (χ1) is 12.7. The summed E-state index contributed by atoms with van der Waals surface area (Å²) in [6.07, 6.45) is 3.64. The molecule has 0 saturated carbocycles. The molecule has 2 aromatic carbocycles. The summed E-state index contributed by atoms with van der Waals surface area (Å²) in [5, 5.41) is 6.62. The molecule has 1 heterocycles. The van der Waals surface area contributed by atoms with Crippen LogP contribution in [0.25, 0.3) is 0 Å². The van der Waals surface area contributed by atoms with Gasteiger partial charge in [0.25, 0.3) is 0 Å². The smallest absolute Gasteiger partial charge is 0.339 e. The molecule has 0 fully saturated rings. The van der Waals surface area contributed by atoms with Gasteiger partial charge < -0.3 is 19.5 Å². The van der Waals surface area contributed by atoms with Crippen LogP contribution in [-0.4, -0.2) is 25.6 Å². The Morgan fingerprint density at radius 2 is 2.00 bits per heavy atom. The number of nitrogens with one attached hydrogen (secondary N) is 2. The number of anilines is 1. The fraction of sp³-hybridized carbons (Fsp3) is 0.263. The van der Waals surface area contributed by atoms with Gasteiger partial charge in [-0.15, -0.1) is 0 Å². The minimum atomic E-state index is -0.429. The lowest BCUT2D eigenvalue weighted by Crippen LogP contribution is -2.24. The van der Waals surface area contributed by atoms with E-state index in [0.717, 1.165) is 24.2 Å². The lowest BCUT2D eigenvalue weighted by Gasteiger charge is -2.07. The number of amides is 2. The number of carbonyl (C=O) groups excluding carboxylic acids is 1. The molecule has 7 heteroatoms. The first-order valence-electron chi connectivity index (χ1n) is 8.47. The largest absolute Gasteiger partial charge is 0.494 e. The van der Waals surface area contributed by atoms with Crippen molar-refractivity contribution in [2.75, 3.05) is 18.7 Å². The Morgan fingerprint density at radius 3 is 2.81 bits per heavy atom. The standard InChI is InChI=1S/C19H21N3O4/c1-2-3-10-24-16-7-5-15(6-8-16)21-19(23)22-20-12-14-4-9-17-18(11-14)26-13-25-17/h4-9,11-12H,2-3,10,13H2,1H3,(H2,21,22,23)/b20-12+. The predicted octanol–water partition coefficient (Wildman–Crippen LogP) is 3.75. The zero-order chi connectivity index (χ0) is 18.2. The summed E-state index contributed by atoms with van der Waals surface area (Å²) >= 11 is 0. The SMILES string of the molecule is CCCCOc1ccc(NC(=O)N/N=C/c2ccc3c(c2)OCO3)cc1. The Bertz CT molecular complexity index is 775. The van der Waals surface area contributed by atoms with Crippen molar-refractivity contribution in [2.24, 2.45) is 5.10 Å². The molecule has 0 radical (unpaired) electrons. The number of hydrazone groups is 1. The lowest BCUT2D eigenvalue weighted by atomic mass is 10.2. The summed E-state index contributed by atoms with van der Waals surface area (Å²) < 4.78 is 16.1. The highest BCUT2D eigenvalue weighted by Crippen LogP contribution is 2.31. The molecule has 26 heavy (non-hydrogen) atoms. The number of ether oxygens (including phenoxy) is 3. The van der Waals surface area contributed by atoms with Gasteiger partial charge >= 0.3 is 6.03 Å². The Labute approximate surface area is 152 Å². The molecule has 2 N–H and O–H groups in total. The maximum absolute atomic E-state index is 11.9. The molecule has 0 spiro atoms. The van der Waals surface area contributed by atoms with Crippen molar-refractivity contribution >= 4 is 17.9 Å². The van der Waals surface area contributed by atoms with Gasteiger partial charge in [0.15, 0.2) is 11.5 Å². The van der Waals surface area contributed by atoms with E-state index < -0.39 is 6.03 Å². The average Bonchev–Trinajstić information content (AvgIpc) is 3.11. The Balaban J connectivity index is 1.46. The van der Waals surface area contributed by atoms with Gasteiger partial charge in [-0.05, 0) is 54.4 Å². The molecule has 0 aliphatic carbocycles. The van der Waals surface area contributed by atoms with Gasteiger partial charge in [-0.2, -0.15) is 5.10 Å². The van der Waals surface area contributed by atoms with Gasteiger partial charge in [0.05, 0.1) is 12.8 Å². The van der Waals surface area contributed by atoms with Crippen molar-refractivity contribution in [1.82, 2.24) is 5.43 Å². The van der Waals surface area contributed by atoms with Crippen LogP contribution >= 0.6 is 0 Å². The number of urea groups is 1. The highest BCUT2D eigenvalue weighted by atomic mass is 16.7. The third kappa shape index (κ3) is 4.89. The van der Waals surface area contributed by atoms with E-state index in [-0.39, 0.29) is 6.79 Å². The number of unbranched alkanes of at least 4 members (excludes halogenated alkanes) is 1. The van der Waals surface area contributed by atoms with Crippen molar-refractivity contribution in [3.05, 3.63) is 48.0 Å². The van der Waals surface area contributed by atoms with Crippen LogP contribution in [-0.2, 0) is 0 Å². The summed E-state index contributed by atoms with van der Waals surface area (Å²) in [4.78, 5) is 11.9. The molecular weight excluding hydrogens is 334 g/mol. The van der Waals surface area contributed by atoms with E-state index >= 15 is 0 Å². The molecular formula is C19H21N3O4. The van der Waals surface area contributed by atoms with Crippen LogP contribution in [0.5, 0.6) is 17.2 Å². The van der Waals surface area contributed by atoms with Gasteiger partial charge in [-0.25, -0.2) is 10.2 Å². The zero-order valence-electron chi connectivity index (χ0n) is 14.5. The summed E-state index contributed by atoms with van der Waals surface area (Å²) in [6, 6.07) is 12.2. The van der Waals surface area contributed by atoms with Crippen molar-refractivity contribution in [1.29, 1.82) is 0 Å². The molecule has 136 valence electrons. The summed E-state index contributed by atoms with van der Waals surface area (Å²) in [5.74, 6) is 2.15. The molecule has 1 aliphatic rings. The molecule has 0 atom stereocenters. The van der Waals surface area contributed by atoms with Crippen LogP contribution in [0, 0.1) is 0 Å². The predicted molar refractivity (Wildman–Crippen MR) is 99.2 cm³/mol. The molecule has 0 saturated heterocycles. The van der Waals surface area contributed by atoms with E-state index in [9.17, 15) is 4.79 Å². The molecule has 2 aromatic rings. The Hall–Kier alpha value is -3.22. The van der Waals surface area contributed by atoms with Crippen molar-refractivity contribution < 1.29 is 19.0 Å². The first kappa shape index (κ1) is 17.6. The monoisotopic (exact) mass is 355 g/mol. The van der Waals surface area contributed by atoms with Crippen molar-refractivity contribution in [3.63, 3.8) is 0 Å². The third-order valence-electron chi connectivity index (χ3n) is 3.66. The van der Waals surface area contributed by atoms with E-state index in [0.29, 0.717) is 23.8 Å². The van der Waals surface area contributed by atoms with E-state index in [1.165, 1.54) is 6.21 Å². The number of carbonyl (C=O) groups is 1. The molecule has 3 rings (SSSR count). The quantitative estimate of drug-likeness (QED) is 0.450. The summed E-state index contributed by atoms with van der Waals surface area (Å²) in [6.45, 7) is 3.03. The number of hydrogen-bond donors (Lipinski definition) is 2. The zero-order valence-corrected chi connectivity index (χ0v) is 14.5. The summed E-state index contributed by atoms with van der Waals surface area (Å²) in [5.41, 5.74) is 3.87. The average molecular weight is 355 g/mol. The van der Waals surface area contributed by atoms with E-state index in [1.807, 2.05) is 18.2 Å². The second kappa shape index (κ2) is 8.75. The van der Waals surface area contributed by atoms with Crippen LogP contribution in [0.15, 0.2) is 47.6 Å². The third-order valence-corrected chi connectivity index (χ3v) is 3.66. The van der Waals surface area contributed by atoms with Crippen LogP contribution in [0.1, 0.15) is 25.3 Å². The molecule has 2 amide bonds. The van der Waals surface area contributed by atoms with E-state index in [1.54, 1.807) is 24.3 Å². The topological polar surface area (TPSA) is 81.2 Å². The summed E-state index contributed by atoms with van der Waals surface area (Å²) in [7, 11) is 0. The van der Waals surface area contributed by atoms with Crippen LogP contribution < -0.4 is 25.0 Å². The van der Waals surface area contributed by atoms with Crippen molar-refractivity contribution in [2.45, 2.75) is 19.8 Å². The van der Waals surface area contributed by atoms with Crippen molar-refractivity contribution in [3.8, 4) is 17.2 Å². The molecule has 0 aromatic heterocycles. The van der Waals surface area contributed by atoms with Gasteiger partial charge in [-0.1, -0.05) is 13.3 Å². The number of hydrogen-bond acceptors (Lipinski definition) is 5. The second-order valence-corrected chi connectivity index (χ2v) is 5.66. The second-order valence-electron chi connectivity index (χ2n) is 5.66. The highest BCUT2D eigenvalue weighted by Gasteiger charge is 2.12. The minimum absolute atomic E-state index is 0.221. The van der Waals surface area contributed by atoms with Crippen LogP contribution in [0.4, 0.5) is 10.5 Å². The molecule has 1 aliphatic heterocycles. The van der Waals surface area contributed by atoms with Gasteiger partial charge in [0.1, 0.15) is 5.75 Å². The first-order valence-corrected chi connectivity index (χ1v) is 8.47. The maximum atomic E-state index is 11.9. The van der Waals surface area contributed by atoms with Gasteiger partial charge in [0, 0.05) is 5.69 Å². The Morgan fingerprint density at radius 1 is 1.19 bits per heavy atom. The number of rotatable bonds is 7. The number of fused-ring (bicyclic) bond motifs is 1. The maximum Gasteiger partial charge on any atom is 0.339 e. The molecule has 0 unspecified atom stereocenters. The minimum Gasteiger partial charge on any atom is -0.494 e. The fourth-order valence-electron chi connectivity index (χ4n) is 2.29. The normalized spacial score (nSPS) is 12.2. The van der Waals surface area contributed by atoms with E-state index in [4.69, 9.17) is 14.2 Å². The van der Waals surface area contributed by atoms with Gasteiger partial charge in [0.2, 0.25) is 6.79 Å². The van der Waals surface area contributed by atoms with Crippen LogP contribution in [0.2, 0.25) is 0 Å². The Kier molecular flexibility index (Phi) is 5.92.